The van der Waals surface area contributed by atoms with Gasteiger partial charge >= 0.3 is 12.0 Å². The summed E-state index contributed by atoms with van der Waals surface area (Å²) in [6, 6.07) is 4.67. The third kappa shape index (κ3) is 2.67. The Morgan fingerprint density at radius 3 is 2.21 bits per heavy atom. The summed E-state index contributed by atoms with van der Waals surface area (Å²) in [6.45, 7) is 0. The van der Waals surface area contributed by atoms with Gasteiger partial charge in [-0.05, 0) is 24.3 Å². The number of carboxylic acid groups (broad SMARTS) is 1. The predicted octanol–water partition coefficient (Wildman–Crippen LogP) is 1.55. The average molecular weight is 193 g/mol. The van der Waals surface area contributed by atoms with Crippen LogP contribution in [0.3, 0.4) is 0 Å². The van der Waals surface area contributed by atoms with Gasteiger partial charge in [-0.25, -0.2) is 9.59 Å². The Balaban J connectivity index is 2.83. The molecule has 0 radical (unpaired) electrons. The molecule has 1 aromatic carbocycles. The zero-order valence-corrected chi connectivity index (χ0v) is 7.04. The van der Waals surface area contributed by atoms with Crippen LogP contribution >= 0.6 is 0 Å². The van der Waals surface area contributed by atoms with Crippen molar-refractivity contribution in [1.29, 1.82) is 0 Å². The molecule has 0 saturated carbocycles. The lowest BCUT2D eigenvalue weighted by Crippen LogP contribution is -2.01. The van der Waals surface area contributed by atoms with Gasteiger partial charge in [0.2, 0.25) is 0 Å². The summed E-state index contributed by atoms with van der Waals surface area (Å²) < 4.78 is 0. The summed E-state index contributed by atoms with van der Waals surface area (Å²) in [5.74, 6) is -1.02. The molecule has 0 aliphatic heterocycles. The number of nitrogens with zero attached hydrogens (tertiary/aromatic N) is 2. The highest BCUT2D eigenvalue weighted by Gasteiger charge is 2.00. The summed E-state index contributed by atoms with van der Waals surface area (Å²) >= 11 is 0. The lowest BCUT2D eigenvalue weighted by Gasteiger charge is -1.93. The smallest absolute Gasteiger partial charge is 0.356 e. The summed E-state index contributed by atoms with van der Waals surface area (Å²) in [7, 11) is 0. The van der Waals surface area contributed by atoms with Gasteiger partial charge in [-0.2, -0.15) is 0 Å². The third-order valence-corrected chi connectivity index (χ3v) is 1.38. The number of nitrogens with two attached hydrogens (primary N) is 1. The first-order valence-electron chi connectivity index (χ1n) is 3.64. The van der Waals surface area contributed by atoms with E-state index in [0.29, 0.717) is 5.69 Å². The normalized spacial score (nSPS) is 10.3. The van der Waals surface area contributed by atoms with Gasteiger partial charge in [-0.1, -0.05) is 5.11 Å². The molecule has 1 rings (SSSR count). The number of carboxylic acids is 1. The van der Waals surface area contributed by atoms with Crippen molar-refractivity contribution in [3.63, 3.8) is 0 Å². The van der Waals surface area contributed by atoms with E-state index < -0.39 is 12.0 Å². The number of carbonyl (C=O) groups excluding carboxylic acids is 1. The van der Waals surface area contributed by atoms with Crippen molar-refractivity contribution in [2.45, 2.75) is 0 Å². The van der Waals surface area contributed by atoms with Crippen molar-refractivity contribution in [1.82, 2.24) is 0 Å². The fourth-order valence-electron chi connectivity index (χ4n) is 0.778. The van der Waals surface area contributed by atoms with Gasteiger partial charge in [0.1, 0.15) is 0 Å². The second-order valence-electron chi connectivity index (χ2n) is 2.39. The van der Waals surface area contributed by atoms with Crippen LogP contribution in [0, 0.1) is 0 Å². The van der Waals surface area contributed by atoms with Gasteiger partial charge in [-0.15, -0.1) is 5.11 Å². The highest BCUT2D eigenvalue weighted by molar-refractivity contribution is 5.87. The quantitative estimate of drug-likeness (QED) is 0.695. The lowest BCUT2D eigenvalue weighted by molar-refractivity contribution is 0.0697. The lowest BCUT2D eigenvalue weighted by atomic mass is 10.2. The molecule has 0 aliphatic rings. The van der Waals surface area contributed by atoms with Crippen LogP contribution in [-0.2, 0) is 0 Å². The van der Waals surface area contributed by atoms with Gasteiger partial charge in [0.05, 0.1) is 11.3 Å². The monoisotopic (exact) mass is 193 g/mol. The van der Waals surface area contributed by atoms with Crippen molar-refractivity contribution in [3.05, 3.63) is 29.8 Å². The number of aromatic carboxylic acids is 1. The molecule has 1 aromatic rings. The van der Waals surface area contributed by atoms with E-state index in [1.807, 2.05) is 0 Å². The minimum absolute atomic E-state index is 0.142. The molecule has 0 atom stereocenters. The summed E-state index contributed by atoms with van der Waals surface area (Å²) in [4.78, 5) is 20.7. The van der Waals surface area contributed by atoms with E-state index >= 15 is 0 Å². The SMILES string of the molecule is NC(=O)N=Nc1ccc(C(=O)O)cc1. The number of urea groups is 1. The van der Waals surface area contributed by atoms with Gasteiger partial charge in [0, 0.05) is 0 Å². The maximum atomic E-state index is 10.5. The zero-order valence-electron chi connectivity index (χ0n) is 7.04. The van der Waals surface area contributed by atoms with Crippen LogP contribution in [-0.4, -0.2) is 17.1 Å². The number of hydrogen-bond donors (Lipinski definition) is 2. The Morgan fingerprint density at radius 2 is 1.79 bits per heavy atom. The molecule has 72 valence electrons. The zero-order chi connectivity index (χ0) is 10.6. The Kier molecular flexibility index (Phi) is 2.90. The second-order valence-corrected chi connectivity index (χ2v) is 2.39. The van der Waals surface area contributed by atoms with E-state index in [9.17, 15) is 9.59 Å². The molecule has 0 bridgehead atoms. The molecular weight excluding hydrogens is 186 g/mol. The fraction of sp³-hybridized carbons (Fsp3) is 0. The van der Waals surface area contributed by atoms with Crippen LogP contribution in [0.2, 0.25) is 0 Å². The molecule has 0 spiro atoms. The molecule has 6 heteroatoms. The molecule has 0 saturated heterocycles. The first-order chi connectivity index (χ1) is 6.59. The Hall–Kier alpha value is -2.24. The largest absolute Gasteiger partial charge is 0.478 e. The molecule has 0 aliphatic carbocycles. The number of rotatable bonds is 2. The van der Waals surface area contributed by atoms with Crippen LogP contribution in [0.4, 0.5) is 10.5 Å². The summed E-state index contributed by atoms with van der Waals surface area (Å²) in [5, 5.41) is 15.1. The van der Waals surface area contributed by atoms with Crippen molar-refractivity contribution >= 4 is 17.7 Å². The van der Waals surface area contributed by atoms with Crippen molar-refractivity contribution in [2.75, 3.05) is 0 Å². The van der Waals surface area contributed by atoms with Crippen molar-refractivity contribution in [2.24, 2.45) is 16.0 Å². The standard InChI is InChI=1S/C8H7N3O3/c9-8(14)11-10-6-3-1-5(2-4-6)7(12)13/h1-4H,(H2,9,14)(H,12,13). The summed E-state index contributed by atoms with van der Waals surface area (Å²) in [6.07, 6.45) is 0. The van der Waals surface area contributed by atoms with E-state index in [-0.39, 0.29) is 5.56 Å². The van der Waals surface area contributed by atoms with Crippen molar-refractivity contribution in [3.8, 4) is 0 Å². The Labute approximate surface area is 79.1 Å². The number of primary amides is 1. The van der Waals surface area contributed by atoms with E-state index in [2.05, 4.69) is 10.2 Å². The van der Waals surface area contributed by atoms with E-state index in [1.54, 1.807) is 0 Å². The first kappa shape index (κ1) is 9.85. The van der Waals surface area contributed by atoms with Crippen molar-refractivity contribution < 1.29 is 14.7 Å². The van der Waals surface area contributed by atoms with Crippen LogP contribution in [0.1, 0.15) is 10.4 Å². The molecule has 0 fully saturated rings. The number of amides is 2. The Bertz CT molecular complexity index is 383. The minimum Gasteiger partial charge on any atom is -0.478 e. The maximum absolute atomic E-state index is 10.5. The van der Waals surface area contributed by atoms with Crippen LogP contribution in [0.5, 0.6) is 0 Å². The first-order valence-corrected chi connectivity index (χ1v) is 3.64. The molecular formula is C8H7N3O3. The number of benzene rings is 1. The van der Waals surface area contributed by atoms with Gasteiger partial charge in [0.25, 0.3) is 0 Å². The molecule has 0 heterocycles. The van der Waals surface area contributed by atoms with Gasteiger partial charge < -0.3 is 10.8 Å². The van der Waals surface area contributed by atoms with Crippen LogP contribution in [0.15, 0.2) is 34.5 Å². The van der Waals surface area contributed by atoms with Gasteiger partial charge in [0.15, 0.2) is 0 Å². The predicted molar refractivity (Wildman–Crippen MR) is 47.5 cm³/mol. The van der Waals surface area contributed by atoms with Gasteiger partial charge in [-0.3, -0.25) is 0 Å². The highest BCUT2D eigenvalue weighted by atomic mass is 16.4. The number of carbonyl (C=O) groups is 2. The number of hydrogen-bond acceptors (Lipinski definition) is 3. The molecule has 3 N–H and O–H groups in total. The third-order valence-electron chi connectivity index (χ3n) is 1.38. The van der Waals surface area contributed by atoms with E-state index in [0.717, 1.165) is 0 Å². The average Bonchev–Trinajstić information content (AvgIpc) is 2.15. The highest BCUT2D eigenvalue weighted by Crippen LogP contribution is 2.13. The minimum atomic E-state index is -1.02. The number of azo groups is 1. The molecule has 14 heavy (non-hydrogen) atoms. The summed E-state index contributed by atoms with van der Waals surface area (Å²) in [5.41, 5.74) is 5.24. The fourth-order valence-corrected chi connectivity index (χ4v) is 0.778. The maximum Gasteiger partial charge on any atom is 0.356 e. The van der Waals surface area contributed by atoms with E-state index in [1.165, 1.54) is 24.3 Å². The molecule has 0 aromatic heterocycles. The van der Waals surface area contributed by atoms with E-state index in [4.69, 9.17) is 10.8 Å². The Morgan fingerprint density at radius 1 is 1.21 bits per heavy atom. The molecule has 0 unspecified atom stereocenters. The topological polar surface area (TPSA) is 105 Å². The van der Waals surface area contributed by atoms with Crippen LogP contribution in [0.25, 0.3) is 0 Å². The van der Waals surface area contributed by atoms with Crippen LogP contribution < -0.4 is 5.73 Å². The molecule has 6 nitrogen and oxygen atoms in total. The second kappa shape index (κ2) is 4.13. The molecule has 2 amide bonds.